The number of thioether (sulfide) groups is 1. The number of carbonyl (C=O) groups excluding carboxylic acids is 3. The van der Waals surface area contributed by atoms with Gasteiger partial charge in [0, 0.05) is 13.1 Å². The number of urea groups is 1. The number of hydrogen-bond donors (Lipinski definition) is 1. The maximum atomic E-state index is 11.9. The first-order valence-corrected chi connectivity index (χ1v) is 9.33. The molecule has 2 heterocycles. The average Bonchev–Trinajstić information content (AvgIpc) is 3.25. The number of hydrogen-bond acceptors (Lipinski definition) is 7. The molecule has 0 saturated carbocycles. The van der Waals surface area contributed by atoms with Gasteiger partial charge in [-0.2, -0.15) is 0 Å². The van der Waals surface area contributed by atoms with E-state index in [1.165, 1.54) is 11.8 Å². The van der Waals surface area contributed by atoms with E-state index in [0.717, 1.165) is 16.3 Å². The molecule has 1 aromatic carbocycles. The van der Waals surface area contributed by atoms with Gasteiger partial charge >= 0.3 is 12.0 Å². The van der Waals surface area contributed by atoms with Gasteiger partial charge < -0.3 is 14.6 Å². The summed E-state index contributed by atoms with van der Waals surface area (Å²) >= 11 is 1.19. The minimum absolute atomic E-state index is 0.00754. The van der Waals surface area contributed by atoms with Crippen LogP contribution in [-0.4, -0.2) is 63.0 Å². The second-order valence-corrected chi connectivity index (χ2v) is 6.77. The van der Waals surface area contributed by atoms with Crippen LogP contribution in [-0.2, 0) is 20.9 Å². The van der Waals surface area contributed by atoms with E-state index in [-0.39, 0.29) is 12.3 Å². The quantitative estimate of drug-likeness (QED) is 0.552. The first-order valence-electron chi connectivity index (χ1n) is 8.35. The Morgan fingerprint density at radius 2 is 2.04 bits per heavy atom. The Morgan fingerprint density at radius 3 is 2.74 bits per heavy atom. The molecule has 1 aliphatic rings. The van der Waals surface area contributed by atoms with Crippen LogP contribution in [0.3, 0.4) is 0 Å². The maximum Gasteiger partial charge on any atom is 0.324 e. The van der Waals surface area contributed by atoms with Crippen LogP contribution in [0.1, 0.15) is 11.4 Å². The maximum absolute atomic E-state index is 11.9. The Morgan fingerprint density at radius 1 is 1.26 bits per heavy atom. The fourth-order valence-corrected chi connectivity index (χ4v) is 3.29. The Labute approximate surface area is 160 Å². The van der Waals surface area contributed by atoms with Gasteiger partial charge in [0.1, 0.15) is 5.82 Å². The summed E-state index contributed by atoms with van der Waals surface area (Å²) in [5.41, 5.74) is 1.10. The molecule has 0 aliphatic carbocycles. The zero-order valence-corrected chi connectivity index (χ0v) is 15.6. The molecule has 0 radical (unpaired) electrons. The van der Waals surface area contributed by atoms with Crippen molar-refractivity contribution in [3.63, 3.8) is 0 Å². The van der Waals surface area contributed by atoms with E-state index < -0.39 is 24.5 Å². The van der Waals surface area contributed by atoms with Crippen molar-refractivity contribution >= 4 is 29.7 Å². The Bertz CT molecular complexity index is 839. The van der Waals surface area contributed by atoms with E-state index in [1.807, 2.05) is 41.8 Å². The molecule has 1 aromatic heterocycles. The number of imide groups is 1. The summed E-state index contributed by atoms with van der Waals surface area (Å²) in [6.45, 7) is 2.68. The van der Waals surface area contributed by atoms with Gasteiger partial charge in [-0.15, -0.1) is 10.2 Å². The molecule has 2 aromatic rings. The second-order valence-electron chi connectivity index (χ2n) is 5.83. The zero-order chi connectivity index (χ0) is 19.2. The molecule has 1 fully saturated rings. The van der Waals surface area contributed by atoms with Crippen LogP contribution in [0.5, 0.6) is 0 Å². The molecule has 0 unspecified atom stereocenters. The third kappa shape index (κ3) is 4.85. The van der Waals surface area contributed by atoms with Crippen molar-refractivity contribution < 1.29 is 19.1 Å². The summed E-state index contributed by atoms with van der Waals surface area (Å²) in [6.07, 6.45) is 0. The number of benzene rings is 1. The largest absolute Gasteiger partial charge is 0.455 e. The zero-order valence-electron chi connectivity index (χ0n) is 14.8. The number of nitrogens with zero attached hydrogens (tertiary/aromatic N) is 4. The highest BCUT2D eigenvalue weighted by Gasteiger charge is 2.26. The van der Waals surface area contributed by atoms with Crippen molar-refractivity contribution in [1.29, 1.82) is 0 Å². The van der Waals surface area contributed by atoms with Crippen LogP contribution < -0.4 is 5.32 Å². The lowest BCUT2D eigenvalue weighted by Crippen LogP contribution is -2.37. The number of aryl methyl sites for hydroxylation is 1. The van der Waals surface area contributed by atoms with E-state index in [9.17, 15) is 14.4 Å². The summed E-state index contributed by atoms with van der Waals surface area (Å²) < 4.78 is 6.87. The molecule has 3 rings (SSSR count). The minimum atomic E-state index is -0.556. The summed E-state index contributed by atoms with van der Waals surface area (Å²) in [5.74, 6) is -0.358. The Balaban J connectivity index is 1.50. The van der Waals surface area contributed by atoms with Crippen molar-refractivity contribution in [3.05, 3.63) is 41.7 Å². The van der Waals surface area contributed by atoms with Gasteiger partial charge in [0.2, 0.25) is 0 Å². The smallest absolute Gasteiger partial charge is 0.324 e. The molecule has 27 heavy (non-hydrogen) atoms. The monoisotopic (exact) mass is 389 g/mol. The Hall–Kier alpha value is -2.88. The van der Waals surface area contributed by atoms with Gasteiger partial charge in [-0.3, -0.25) is 14.5 Å². The summed E-state index contributed by atoms with van der Waals surface area (Å²) in [6, 6.07) is 9.40. The van der Waals surface area contributed by atoms with Gasteiger partial charge in [-0.05, 0) is 12.5 Å². The standard InChI is InChI=1S/C17H19N5O4S/c1-12-19-20-17(22(12)9-13-5-3-2-4-6-13)27-11-15(24)26-10-14(23)21-8-7-18-16(21)25/h2-6H,7-11H2,1H3,(H,18,25). The molecular formula is C17H19N5O4S. The molecule has 0 atom stereocenters. The fraction of sp³-hybridized carbons (Fsp3) is 0.353. The molecule has 1 N–H and O–H groups in total. The normalized spacial score (nSPS) is 13.5. The van der Waals surface area contributed by atoms with Crippen molar-refractivity contribution in [2.75, 3.05) is 25.4 Å². The second kappa shape index (κ2) is 8.67. The number of carbonyl (C=O) groups is 3. The molecule has 0 spiro atoms. The number of rotatable bonds is 7. The van der Waals surface area contributed by atoms with Crippen LogP contribution in [0.2, 0.25) is 0 Å². The van der Waals surface area contributed by atoms with E-state index in [1.54, 1.807) is 0 Å². The van der Waals surface area contributed by atoms with Crippen LogP contribution in [0.4, 0.5) is 4.79 Å². The Kier molecular flexibility index (Phi) is 6.07. The number of amides is 3. The van der Waals surface area contributed by atoms with Crippen LogP contribution in [0.15, 0.2) is 35.5 Å². The van der Waals surface area contributed by atoms with Crippen LogP contribution >= 0.6 is 11.8 Å². The lowest BCUT2D eigenvalue weighted by Gasteiger charge is -2.12. The summed E-state index contributed by atoms with van der Waals surface area (Å²) in [7, 11) is 0. The predicted molar refractivity (Wildman–Crippen MR) is 97.1 cm³/mol. The molecule has 1 aliphatic heterocycles. The number of aromatic nitrogens is 3. The van der Waals surface area contributed by atoms with Gasteiger partial charge in [-0.1, -0.05) is 42.1 Å². The molecule has 3 amide bonds. The third-order valence-electron chi connectivity index (χ3n) is 3.92. The molecule has 142 valence electrons. The first-order chi connectivity index (χ1) is 13.0. The van der Waals surface area contributed by atoms with Crippen molar-refractivity contribution in [2.45, 2.75) is 18.6 Å². The van der Waals surface area contributed by atoms with Crippen LogP contribution in [0, 0.1) is 6.92 Å². The van der Waals surface area contributed by atoms with E-state index in [2.05, 4.69) is 15.5 Å². The molecule has 1 saturated heterocycles. The summed E-state index contributed by atoms with van der Waals surface area (Å²) in [5, 5.41) is 11.3. The minimum Gasteiger partial charge on any atom is -0.455 e. The van der Waals surface area contributed by atoms with Gasteiger partial charge in [0.25, 0.3) is 5.91 Å². The van der Waals surface area contributed by atoms with Crippen LogP contribution in [0.25, 0.3) is 0 Å². The van der Waals surface area contributed by atoms with E-state index in [4.69, 9.17) is 4.74 Å². The highest BCUT2D eigenvalue weighted by Crippen LogP contribution is 2.18. The third-order valence-corrected chi connectivity index (χ3v) is 4.86. The van der Waals surface area contributed by atoms with E-state index >= 15 is 0 Å². The molecule has 10 heteroatoms. The van der Waals surface area contributed by atoms with Gasteiger partial charge in [0.15, 0.2) is 11.8 Å². The predicted octanol–water partition coefficient (Wildman–Crippen LogP) is 0.822. The number of ether oxygens (including phenoxy) is 1. The topological polar surface area (TPSA) is 106 Å². The highest BCUT2D eigenvalue weighted by molar-refractivity contribution is 7.99. The fourth-order valence-electron chi connectivity index (χ4n) is 2.51. The van der Waals surface area contributed by atoms with Crippen molar-refractivity contribution in [2.24, 2.45) is 0 Å². The highest BCUT2D eigenvalue weighted by atomic mass is 32.2. The van der Waals surface area contributed by atoms with E-state index in [0.29, 0.717) is 18.2 Å². The lowest BCUT2D eigenvalue weighted by atomic mass is 10.2. The molecule has 0 bridgehead atoms. The summed E-state index contributed by atoms with van der Waals surface area (Å²) in [4.78, 5) is 36.2. The van der Waals surface area contributed by atoms with Crippen molar-refractivity contribution in [3.8, 4) is 0 Å². The number of esters is 1. The van der Waals surface area contributed by atoms with Gasteiger partial charge in [-0.25, -0.2) is 4.79 Å². The average molecular weight is 389 g/mol. The SMILES string of the molecule is Cc1nnc(SCC(=O)OCC(=O)N2CCNC2=O)n1Cc1ccccc1. The van der Waals surface area contributed by atoms with Gasteiger partial charge in [0.05, 0.1) is 12.3 Å². The molecular weight excluding hydrogens is 370 g/mol. The number of nitrogens with one attached hydrogen (secondary N) is 1. The first kappa shape index (κ1) is 18.9. The molecule has 9 nitrogen and oxygen atoms in total. The lowest BCUT2D eigenvalue weighted by molar-refractivity contribution is -0.148. The van der Waals surface area contributed by atoms with Crippen molar-refractivity contribution in [1.82, 2.24) is 25.0 Å².